The zero-order valence-corrected chi connectivity index (χ0v) is 13.1. The summed E-state index contributed by atoms with van der Waals surface area (Å²) < 4.78 is 12.9. The number of benzene rings is 2. The molecule has 0 spiro atoms. The average molecular weight is 329 g/mol. The van der Waals surface area contributed by atoms with E-state index < -0.39 is 0 Å². The van der Waals surface area contributed by atoms with Gasteiger partial charge >= 0.3 is 0 Å². The Morgan fingerprint density at radius 1 is 1.04 bits per heavy atom. The molecule has 2 N–H and O–H groups in total. The third kappa shape index (κ3) is 4.12. The van der Waals surface area contributed by atoms with E-state index in [-0.39, 0.29) is 18.5 Å². The molecular weight excluding hydrogens is 313 g/mol. The Labute approximate surface area is 137 Å². The highest BCUT2D eigenvalue weighted by Gasteiger charge is 2.13. The normalized spacial score (nSPS) is 12.1. The number of aliphatic hydroxyl groups excluding tert-OH is 1. The smallest absolute Gasteiger partial charge is 0.206 e. The van der Waals surface area contributed by atoms with Crippen molar-refractivity contribution in [1.82, 2.24) is 10.2 Å². The van der Waals surface area contributed by atoms with Gasteiger partial charge in [-0.25, -0.2) is 4.39 Å². The predicted molar refractivity (Wildman–Crippen MR) is 89.0 cm³/mol. The quantitative estimate of drug-likeness (QED) is 0.727. The van der Waals surface area contributed by atoms with E-state index in [2.05, 4.69) is 15.5 Å². The van der Waals surface area contributed by atoms with Gasteiger partial charge < -0.3 is 10.4 Å². The highest BCUT2D eigenvalue weighted by atomic mass is 32.1. The first-order valence-electron chi connectivity index (χ1n) is 7.24. The molecule has 0 saturated heterocycles. The van der Waals surface area contributed by atoms with Crippen LogP contribution in [0.5, 0.6) is 0 Å². The minimum Gasteiger partial charge on any atom is -0.394 e. The van der Waals surface area contributed by atoms with E-state index in [0.29, 0.717) is 11.6 Å². The largest absolute Gasteiger partial charge is 0.394 e. The van der Waals surface area contributed by atoms with Crippen molar-refractivity contribution >= 4 is 16.5 Å². The molecule has 0 amide bonds. The molecule has 118 valence electrons. The molecule has 0 bridgehead atoms. The number of aliphatic hydroxyl groups is 1. The third-order valence-electron chi connectivity index (χ3n) is 3.42. The molecule has 4 nitrogen and oxygen atoms in total. The van der Waals surface area contributed by atoms with Crippen molar-refractivity contribution in [2.75, 3.05) is 11.9 Å². The van der Waals surface area contributed by atoms with Crippen molar-refractivity contribution < 1.29 is 9.50 Å². The Morgan fingerprint density at radius 3 is 2.48 bits per heavy atom. The van der Waals surface area contributed by atoms with Crippen molar-refractivity contribution in [3.05, 3.63) is 76.5 Å². The molecule has 1 atom stereocenters. The van der Waals surface area contributed by atoms with E-state index in [9.17, 15) is 9.50 Å². The maximum absolute atomic E-state index is 12.9. The van der Waals surface area contributed by atoms with Crippen LogP contribution < -0.4 is 5.32 Å². The maximum Gasteiger partial charge on any atom is 0.206 e. The van der Waals surface area contributed by atoms with Crippen LogP contribution in [0.25, 0.3) is 0 Å². The first-order valence-corrected chi connectivity index (χ1v) is 8.05. The predicted octanol–water partition coefficient (Wildman–Crippen LogP) is 3.41. The van der Waals surface area contributed by atoms with Gasteiger partial charge in [0.25, 0.3) is 0 Å². The minimum atomic E-state index is -0.248. The fourth-order valence-electron chi connectivity index (χ4n) is 2.23. The molecule has 0 fully saturated rings. The fraction of sp³-hybridized carbons (Fsp3) is 0.176. The molecule has 1 aromatic heterocycles. The lowest BCUT2D eigenvalue weighted by Gasteiger charge is -2.15. The van der Waals surface area contributed by atoms with Crippen molar-refractivity contribution in [1.29, 1.82) is 0 Å². The summed E-state index contributed by atoms with van der Waals surface area (Å²) in [6, 6.07) is 15.8. The standard InChI is InChI=1S/C17H16FN3OS/c18-14-8-6-12(7-9-14)10-16-20-21-17(23-16)19-15(11-22)13-4-2-1-3-5-13/h1-9,15,22H,10-11H2,(H,19,21). The zero-order valence-electron chi connectivity index (χ0n) is 12.3. The number of halogens is 1. The number of nitrogens with zero attached hydrogens (tertiary/aromatic N) is 2. The van der Waals surface area contributed by atoms with Crippen LogP contribution in [0, 0.1) is 5.82 Å². The lowest BCUT2D eigenvalue weighted by molar-refractivity contribution is 0.276. The molecule has 0 aliphatic carbocycles. The summed E-state index contributed by atoms with van der Waals surface area (Å²) >= 11 is 1.43. The molecule has 0 aliphatic rings. The molecule has 2 aromatic carbocycles. The summed E-state index contributed by atoms with van der Waals surface area (Å²) in [4.78, 5) is 0. The summed E-state index contributed by atoms with van der Waals surface area (Å²) in [5.74, 6) is -0.248. The van der Waals surface area contributed by atoms with Crippen LogP contribution >= 0.6 is 11.3 Å². The molecule has 1 heterocycles. The number of aromatic nitrogens is 2. The van der Waals surface area contributed by atoms with E-state index in [1.165, 1.54) is 23.5 Å². The zero-order chi connectivity index (χ0) is 16.1. The Balaban J connectivity index is 1.68. The number of nitrogens with one attached hydrogen (secondary N) is 1. The second-order valence-corrected chi connectivity index (χ2v) is 6.16. The van der Waals surface area contributed by atoms with Gasteiger partial charge in [-0.15, -0.1) is 10.2 Å². The van der Waals surface area contributed by atoms with Crippen LogP contribution in [-0.4, -0.2) is 21.9 Å². The fourth-order valence-corrected chi connectivity index (χ4v) is 3.06. The van der Waals surface area contributed by atoms with Gasteiger partial charge in [-0.3, -0.25) is 0 Å². The topological polar surface area (TPSA) is 58.0 Å². The van der Waals surface area contributed by atoms with E-state index in [0.717, 1.165) is 16.1 Å². The number of anilines is 1. The van der Waals surface area contributed by atoms with Crippen molar-refractivity contribution in [2.45, 2.75) is 12.5 Å². The van der Waals surface area contributed by atoms with Gasteiger partial charge in [0.15, 0.2) is 0 Å². The highest BCUT2D eigenvalue weighted by Crippen LogP contribution is 2.23. The molecule has 6 heteroatoms. The summed E-state index contributed by atoms with van der Waals surface area (Å²) in [6.07, 6.45) is 0.606. The Kier molecular flexibility index (Phi) is 4.95. The average Bonchev–Trinajstić information content (AvgIpc) is 3.03. The van der Waals surface area contributed by atoms with Crippen LogP contribution in [0.1, 0.15) is 22.2 Å². The maximum atomic E-state index is 12.9. The van der Waals surface area contributed by atoms with Gasteiger partial charge in [0, 0.05) is 6.42 Å². The molecule has 3 rings (SSSR count). The van der Waals surface area contributed by atoms with Crippen LogP contribution in [0.3, 0.4) is 0 Å². The summed E-state index contributed by atoms with van der Waals surface area (Å²) in [6.45, 7) is -0.0309. The van der Waals surface area contributed by atoms with Crippen molar-refractivity contribution in [3.63, 3.8) is 0 Å². The van der Waals surface area contributed by atoms with Gasteiger partial charge in [-0.2, -0.15) is 0 Å². The number of hydrogen-bond acceptors (Lipinski definition) is 5. The van der Waals surface area contributed by atoms with Gasteiger partial charge in [-0.1, -0.05) is 53.8 Å². The number of hydrogen-bond donors (Lipinski definition) is 2. The summed E-state index contributed by atoms with van der Waals surface area (Å²) in [5.41, 5.74) is 1.97. The molecule has 1 unspecified atom stereocenters. The van der Waals surface area contributed by atoms with Crippen LogP contribution in [0.2, 0.25) is 0 Å². The second-order valence-electron chi connectivity index (χ2n) is 5.09. The monoisotopic (exact) mass is 329 g/mol. The lowest BCUT2D eigenvalue weighted by Crippen LogP contribution is -2.14. The third-order valence-corrected chi connectivity index (χ3v) is 4.27. The van der Waals surface area contributed by atoms with Gasteiger partial charge in [0.05, 0.1) is 12.6 Å². The van der Waals surface area contributed by atoms with Gasteiger partial charge in [0.2, 0.25) is 5.13 Å². The molecule has 0 radical (unpaired) electrons. The van der Waals surface area contributed by atoms with Gasteiger partial charge in [0.1, 0.15) is 10.8 Å². The van der Waals surface area contributed by atoms with E-state index in [1.807, 2.05) is 30.3 Å². The number of rotatable bonds is 6. The van der Waals surface area contributed by atoms with Crippen LogP contribution in [-0.2, 0) is 6.42 Å². The van der Waals surface area contributed by atoms with Gasteiger partial charge in [-0.05, 0) is 23.3 Å². The molecule has 0 aliphatic heterocycles. The van der Waals surface area contributed by atoms with E-state index in [4.69, 9.17) is 0 Å². The summed E-state index contributed by atoms with van der Waals surface area (Å²) in [5, 5.41) is 22.5. The van der Waals surface area contributed by atoms with E-state index in [1.54, 1.807) is 12.1 Å². The van der Waals surface area contributed by atoms with Crippen molar-refractivity contribution in [3.8, 4) is 0 Å². The van der Waals surface area contributed by atoms with Crippen LogP contribution in [0.15, 0.2) is 54.6 Å². The molecular formula is C17H16FN3OS. The minimum absolute atomic E-state index is 0.0309. The molecule has 3 aromatic rings. The second kappa shape index (κ2) is 7.30. The summed E-state index contributed by atoms with van der Waals surface area (Å²) in [7, 11) is 0. The molecule has 23 heavy (non-hydrogen) atoms. The first kappa shape index (κ1) is 15.6. The molecule has 0 saturated carbocycles. The lowest BCUT2D eigenvalue weighted by atomic mass is 10.1. The van der Waals surface area contributed by atoms with Crippen molar-refractivity contribution in [2.24, 2.45) is 0 Å². The highest BCUT2D eigenvalue weighted by molar-refractivity contribution is 7.15. The Hall–Kier alpha value is -2.31. The Bertz CT molecular complexity index is 746. The van der Waals surface area contributed by atoms with Crippen LogP contribution in [0.4, 0.5) is 9.52 Å². The van der Waals surface area contributed by atoms with E-state index >= 15 is 0 Å². The first-order chi connectivity index (χ1) is 11.2. The Morgan fingerprint density at radius 2 is 1.78 bits per heavy atom. The SMILES string of the molecule is OCC(Nc1nnc(Cc2ccc(F)cc2)s1)c1ccccc1.